The van der Waals surface area contributed by atoms with Crippen LogP contribution in [-0.4, -0.2) is 16.9 Å². The lowest BCUT2D eigenvalue weighted by Crippen LogP contribution is -2.54. The van der Waals surface area contributed by atoms with Gasteiger partial charge in [0.15, 0.2) is 5.11 Å². The second kappa shape index (κ2) is 7.03. The number of benzene rings is 2. The summed E-state index contributed by atoms with van der Waals surface area (Å²) in [6.07, 6.45) is 1.32. The quantitative estimate of drug-likeness (QED) is 0.436. The van der Waals surface area contributed by atoms with E-state index >= 15 is 0 Å². The monoisotopic (exact) mass is 438 g/mol. The molecular formula is C17H9BrClFN2O2S. The van der Waals surface area contributed by atoms with Gasteiger partial charge in [0.1, 0.15) is 11.4 Å². The highest BCUT2D eigenvalue weighted by Gasteiger charge is 2.34. The second-order valence-electron chi connectivity index (χ2n) is 5.10. The molecule has 0 radical (unpaired) electrons. The molecular weight excluding hydrogens is 431 g/mol. The summed E-state index contributed by atoms with van der Waals surface area (Å²) in [6, 6.07) is 10.4. The van der Waals surface area contributed by atoms with Gasteiger partial charge < -0.3 is 0 Å². The van der Waals surface area contributed by atoms with Crippen molar-refractivity contribution in [3.8, 4) is 0 Å². The van der Waals surface area contributed by atoms with Gasteiger partial charge in [0, 0.05) is 9.50 Å². The third-order valence-electron chi connectivity index (χ3n) is 3.44. The fourth-order valence-electron chi connectivity index (χ4n) is 2.26. The van der Waals surface area contributed by atoms with E-state index in [1.54, 1.807) is 24.3 Å². The first-order valence-corrected chi connectivity index (χ1v) is 8.57. The largest absolute Gasteiger partial charge is 0.298 e. The highest BCUT2D eigenvalue weighted by Crippen LogP contribution is 2.26. The minimum Gasteiger partial charge on any atom is -0.298 e. The van der Waals surface area contributed by atoms with Crippen LogP contribution < -0.4 is 10.2 Å². The van der Waals surface area contributed by atoms with Gasteiger partial charge in [0.25, 0.3) is 11.8 Å². The van der Waals surface area contributed by atoms with Crippen molar-refractivity contribution >= 4 is 68.4 Å². The maximum atomic E-state index is 13.5. The third-order valence-corrected chi connectivity index (χ3v) is 4.70. The Morgan fingerprint density at radius 2 is 1.84 bits per heavy atom. The topological polar surface area (TPSA) is 49.4 Å². The van der Waals surface area contributed by atoms with E-state index in [-0.39, 0.29) is 10.7 Å². The summed E-state index contributed by atoms with van der Waals surface area (Å²) in [5.41, 5.74) is 0.667. The predicted octanol–water partition coefficient (Wildman–Crippen LogP) is 4.07. The van der Waals surface area contributed by atoms with E-state index in [1.807, 2.05) is 0 Å². The first kappa shape index (κ1) is 17.7. The molecule has 126 valence electrons. The molecule has 8 heteroatoms. The van der Waals surface area contributed by atoms with Crippen molar-refractivity contribution < 1.29 is 14.0 Å². The molecule has 4 nitrogen and oxygen atoms in total. The molecule has 3 rings (SSSR count). The van der Waals surface area contributed by atoms with Gasteiger partial charge in [-0.2, -0.15) is 0 Å². The zero-order chi connectivity index (χ0) is 18.1. The summed E-state index contributed by atoms with van der Waals surface area (Å²) in [6.45, 7) is 0. The number of thiocarbonyl (C=S) groups is 1. The van der Waals surface area contributed by atoms with Crippen molar-refractivity contribution in [1.82, 2.24) is 5.32 Å². The molecule has 0 aromatic heterocycles. The molecule has 25 heavy (non-hydrogen) atoms. The van der Waals surface area contributed by atoms with E-state index in [4.69, 9.17) is 23.8 Å². The number of hydrogen-bond donors (Lipinski definition) is 1. The Balaban J connectivity index is 2.05. The molecule has 1 aliphatic heterocycles. The molecule has 2 aromatic rings. The van der Waals surface area contributed by atoms with Gasteiger partial charge in [-0.1, -0.05) is 27.5 Å². The maximum Gasteiger partial charge on any atom is 0.270 e. The number of halogens is 3. The minimum atomic E-state index is -0.642. The van der Waals surface area contributed by atoms with Gasteiger partial charge >= 0.3 is 0 Å². The summed E-state index contributed by atoms with van der Waals surface area (Å²) in [4.78, 5) is 26.2. The van der Waals surface area contributed by atoms with E-state index in [0.29, 0.717) is 20.7 Å². The molecule has 1 saturated heterocycles. The minimum absolute atomic E-state index is 0.0345. The highest BCUT2D eigenvalue weighted by molar-refractivity contribution is 9.10. The second-order valence-corrected chi connectivity index (χ2v) is 6.78. The van der Waals surface area contributed by atoms with Crippen molar-refractivity contribution in [2.75, 3.05) is 4.90 Å². The van der Waals surface area contributed by atoms with Crippen LogP contribution in [0, 0.1) is 5.82 Å². The number of carbonyl (C=O) groups is 2. The van der Waals surface area contributed by atoms with Gasteiger partial charge in [-0.15, -0.1) is 0 Å². The van der Waals surface area contributed by atoms with Crippen molar-refractivity contribution in [1.29, 1.82) is 0 Å². The smallest absolute Gasteiger partial charge is 0.270 e. The van der Waals surface area contributed by atoms with Crippen LogP contribution >= 0.6 is 39.7 Å². The van der Waals surface area contributed by atoms with Crippen molar-refractivity contribution in [3.05, 3.63) is 68.9 Å². The number of rotatable bonds is 2. The Morgan fingerprint density at radius 1 is 1.16 bits per heavy atom. The lowest BCUT2D eigenvalue weighted by atomic mass is 10.1. The van der Waals surface area contributed by atoms with Crippen LogP contribution in [0.4, 0.5) is 10.1 Å². The number of nitrogens with one attached hydrogen (secondary N) is 1. The summed E-state index contributed by atoms with van der Waals surface area (Å²) < 4.78 is 14.0. The van der Waals surface area contributed by atoms with Crippen molar-refractivity contribution in [3.63, 3.8) is 0 Å². The van der Waals surface area contributed by atoms with Gasteiger partial charge in [-0.3, -0.25) is 19.8 Å². The number of hydrogen-bond acceptors (Lipinski definition) is 3. The van der Waals surface area contributed by atoms with Gasteiger partial charge in [-0.25, -0.2) is 4.39 Å². The summed E-state index contributed by atoms with van der Waals surface area (Å²) in [7, 11) is 0. The van der Waals surface area contributed by atoms with E-state index in [9.17, 15) is 14.0 Å². The van der Waals surface area contributed by atoms with E-state index in [2.05, 4.69) is 21.2 Å². The van der Waals surface area contributed by atoms with Crippen molar-refractivity contribution in [2.24, 2.45) is 0 Å². The Hall–Kier alpha value is -2.09. The molecule has 1 fully saturated rings. The zero-order valence-corrected chi connectivity index (χ0v) is 15.6. The van der Waals surface area contributed by atoms with Crippen LogP contribution in [0.1, 0.15) is 5.56 Å². The Bertz CT molecular complexity index is 931. The van der Waals surface area contributed by atoms with Crippen LogP contribution in [-0.2, 0) is 9.59 Å². The van der Waals surface area contributed by atoms with Gasteiger partial charge in [0.05, 0.1) is 5.69 Å². The summed E-state index contributed by atoms with van der Waals surface area (Å²) in [5, 5.41) is 2.93. The van der Waals surface area contributed by atoms with Gasteiger partial charge in [-0.05, 0) is 66.3 Å². The molecule has 0 saturated carbocycles. The molecule has 1 heterocycles. The first-order chi connectivity index (χ1) is 11.9. The van der Waals surface area contributed by atoms with Gasteiger partial charge in [0.2, 0.25) is 0 Å². The molecule has 0 atom stereocenters. The fourth-order valence-corrected chi connectivity index (χ4v) is 3.03. The number of carbonyl (C=O) groups excluding carboxylic acids is 2. The molecule has 2 aromatic carbocycles. The molecule has 0 aliphatic carbocycles. The molecule has 2 amide bonds. The average Bonchev–Trinajstić information content (AvgIpc) is 2.56. The van der Waals surface area contributed by atoms with Crippen LogP contribution in [0.5, 0.6) is 0 Å². The first-order valence-electron chi connectivity index (χ1n) is 6.99. The molecule has 1 N–H and O–H groups in total. The normalized spacial score (nSPS) is 16.4. The van der Waals surface area contributed by atoms with Crippen LogP contribution in [0.2, 0.25) is 5.02 Å². The molecule has 0 unspecified atom stereocenters. The standard InChI is InChI=1S/C17H9BrClFN2O2S/c18-14-6-3-11(20)7-9(14)8-13-15(23)21-17(25)22(16(13)24)12-4-1-10(19)2-5-12/h1-8H,(H,21,23,25). The zero-order valence-electron chi connectivity index (χ0n) is 12.4. The third kappa shape index (κ3) is 3.63. The fraction of sp³-hybridized carbons (Fsp3) is 0. The SMILES string of the molecule is O=C1NC(=S)N(c2ccc(Cl)cc2)C(=O)C1=Cc1cc(F)ccc1Br. The number of amides is 2. The Labute approximate surface area is 161 Å². The summed E-state index contributed by atoms with van der Waals surface area (Å²) >= 11 is 14.2. The van der Waals surface area contributed by atoms with E-state index < -0.39 is 17.6 Å². The van der Waals surface area contributed by atoms with Crippen LogP contribution in [0.15, 0.2) is 52.5 Å². The lowest BCUT2D eigenvalue weighted by molar-refractivity contribution is -0.122. The molecule has 0 bridgehead atoms. The van der Waals surface area contributed by atoms with Crippen LogP contribution in [0.25, 0.3) is 6.08 Å². The highest BCUT2D eigenvalue weighted by atomic mass is 79.9. The Kier molecular flexibility index (Phi) is 4.99. The van der Waals surface area contributed by atoms with Crippen LogP contribution in [0.3, 0.4) is 0 Å². The van der Waals surface area contributed by atoms with E-state index in [1.165, 1.54) is 29.2 Å². The summed E-state index contributed by atoms with van der Waals surface area (Å²) in [5.74, 6) is -1.73. The average molecular weight is 440 g/mol. The number of nitrogens with zero attached hydrogens (tertiary/aromatic N) is 1. The Morgan fingerprint density at radius 3 is 2.52 bits per heavy atom. The molecule has 1 aliphatic rings. The van der Waals surface area contributed by atoms with E-state index in [0.717, 1.165) is 0 Å². The number of anilines is 1. The lowest BCUT2D eigenvalue weighted by Gasteiger charge is -2.29. The molecule has 0 spiro atoms. The predicted molar refractivity (Wildman–Crippen MR) is 102 cm³/mol. The van der Waals surface area contributed by atoms with Crippen molar-refractivity contribution in [2.45, 2.75) is 0 Å². The maximum absolute atomic E-state index is 13.5.